The van der Waals surface area contributed by atoms with Crippen LogP contribution in [0.25, 0.3) is 0 Å². The molecule has 0 unspecified atom stereocenters. The van der Waals surface area contributed by atoms with E-state index in [1.807, 2.05) is 0 Å². The Morgan fingerprint density at radius 1 is 1.44 bits per heavy atom. The van der Waals surface area contributed by atoms with Crippen molar-refractivity contribution in [2.24, 2.45) is 5.73 Å². The number of benzene rings is 1. The summed E-state index contributed by atoms with van der Waals surface area (Å²) in [5.41, 5.74) is 5.90. The minimum Gasteiger partial charge on any atom is -0.404 e. The SMILES string of the molecule is N[C@H](CO)c1ccc(OC(F)(F)F)c(Cl)c1. The maximum Gasteiger partial charge on any atom is 0.573 e. The smallest absolute Gasteiger partial charge is 0.404 e. The lowest BCUT2D eigenvalue weighted by Crippen LogP contribution is -2.18. The first-order valence-electron chi connectivity index (χ1n) is 4.25. The van der Waals surface area contributed by atoms with Crippen LogP contribution < -0.4 is 10.5 Å². The summed E-state index contributed by atoms with van der Waals surface area (Å²) in [4.78, 5) is 0. The van der Waals surface area contributed by atoms with Crippen molar-refractivity contribution in [3.8, 4) is 5.75 Å². The molecule has 90 valence electrons. The quantitative estimate of drug-likeness (QED) is 0.871. The van der Waals surface area contributed by atoms with Crippen LogP contribution in [0.4, 0.5) is 13.2 Å². The van der Waals surface area contributed by atoms with E-state index in [1.54, 1.807) is 0 Å². The Kier molecular flexibility index (Phi) is 4.01. The number of aliphatic hydroxyl groups is 1. The molecule has 1 aromatic carbocycles. The lowest BCUT2D eigenvalue weighted by molar-refractivity contribution is -0.274. The molecule has 0 saturated carbocycles. The van der Waals surface area contributed by atoms with E-state index in [9.17, 15) is 13.2 Å². The molecule has 0 aliphatic carbocycles. The average Bonchev–Trinajstić information content (AvgIpc) is 2.18. The maximum absolute atomic E-state index is 11.9. The fraction of sp³-hybridized carbons (Fsp3) is 0.333. The van der Waals surface area contributed by atoms with E-state index >= 15 is 0 Å². The molecule has 1 aromatic rings. The van der Waals surface area contributed by atoms with Gasteiger partial charge in [0.2, 0.25) is 0 Å². The minimum atomic E-state index is -4.79. The van der Waals surface area contributed by atoms with Crippen LogP contribution in [0.3, 0.4) is 0 Å². The summed E-state index contributed by atoms with van der Waals surface area (Å²) in [6.07, 6.45) is -4.79. The van der Waals surface area contributed by atoms with Crippen LogP contribution >= 0.6 is 11.6 Å². The topological polar surface area (TPSA) is 55.5 Å². The van der Waals surface area contributed by atoms with Crippen LogP contribution in [0.15, 0.2) is 18.2 Å². The number of halogens is 4. The van der Waals surface area contributed by atoms with Crippen LogP contribution in [-0.2, 0) is 0 Å². The van der Waals surface area contributed by atoms with Gasteiger partial charge in [-0.3, -0.25) is 0 Å². The van der Waals surface area contributed by atoms with Gasteiger partial charge in [-0.25, -0.2) is 0 Å². The summed E-state index contributed by atoms with van der Waals surface area (Å²) < 4.78 is 39.4. The van der Waals surface area contributed by atoms with Crippen molar-refractivity contribution in [2.75, 3.05) is 6.61 Å². The molecule has 0 aliphatic rings. The van der Waals surface area contributed by atoms with Crippen molar-refractivity contribution in [3.05, 3.63) is 28.8 Å². The van der Waals surface area contributed by atoms with E-state index < -0.39 is 18.2 Å². The molecule has 3 nitrogen and oxygen atoms in total. The number of hydrogen-bond donors (Lipinski definition) is 2. The highest BCUT2D eigenvalue weighted by Crippen LogP contribution is 2.31. The van der Waals surface area contributed by atoms with Crippen molar-refractivity contribution in [1.29, 1.82) is 0 Å². The zero-order chi connectivity index (χ0) is 12.3. The first-order valence-corrected chi connectivity index (χ1v) is 4.63. The van der Waals surface area contributed by atoms with E-state index in [0.717, 1.165) is 6.07 Å². The van der Waals surface area contributed by atoms with Crippen molar-refractivity contribution >= 4 is 11.6 Å². The largest absolute Gasteiger partial charge is 0.573 e. The molecule has 0 aromatic heterocycles. The van der Waals surface area contributed by atoms with Gasteiger partial charge in [0.05, 0.1) is 17.7 Å². The molecule has 7 heteroatoms. The van der Waals surface area contributed by atoms with Gasteiger partial charge in [0, 0.05) is 0 Å². The van der Waals surface area contributed by atoms with E-state index in [2.05, 4.69) is 4.74 Å². The van der Waals surface area contributed by atoms with Gasteiger partial charge < -0.3 is 15.6 Å². The monoisotopic (exact) mass is 255 g/mol. The molecule has 0 spiro atoms. The lowest BCUT2D eigenvalue weighted by Gasteiger charge is -2.13. The number of alkyl halides is 3. The molecule has 1 rings (SSSR count). The molecule has 0 fully saturated rings. The van der Waals surface area contributed by atoms with Crippen LogP contribution in [0, 0.1) is 0 Å². The van der Waals surface area contributed by atoms with Crippen molar-refractivity contribution in [1.82, 2.24) is 0 Å². The summed E-state index contributed by atoms with van der Waals surface area (Å²) in [6.45, 7) is -0.324. The number of rotatable bonds is 3. The number of hydrogen-bond acceptors (Lipinski definition) is 3. The van der Waals surface area contributed by atoms with Crippen molar-refractivity contribution in [2.45, 2.75) is 12.4 Å². The van der Waals surface area contributed by atoms with Gasteiger partial charge in [-0.05, 0) is 17.7 Å². The van der Waals surface area contributed by atoms with Crippen LogP contribution in [0.5, 0.6) is 5.75 Å². The van der Waals surface area contributed by atoms with E-state index in [1.165, 1.54) is 12.1 Å². The third-order valence-electron chi connectivity index (χ3n) is 1.81. The number of nitrogens with two attached hydrogens (primary N) is 1. The predicted molar refractivity (Wildman–Crippen MR) is 52.1 cm³/mol. The van der Waals surface area contributed by atoms with Crippen molar-refractivity contribution in [3.63, 3.8) is 0 Å². The first-order chi connectivity index (χ1) is 7.33. The molecule has 0 aliphatic heterocycles. The minimum absolute atomic E-state index is 0.210. The lowest BCUT2D eigenvalue weighted by atomic mass is 10.1. The van der Waals surface area contributed by atoms with Gasteiger partial charge in [-0.1, -0.05) is 17.7 Å². The second kappa shape index (κ2) is 4.90. The van der Waals surface area contributed by atoms with E-state index in [0.29, 0.717) is 5.56 Å². The molecule has 0 heterocycles. The Labute approximate surface area is 94.6 Å². The number of aliphatic hydroxyl groups excluding tert-OH is 1. The van der Waals surface area contributed by atoms with Gasteiger partial charge in [-0.2, -0.15) is 0 Å². The molecule has 3 N–H and O–H groups in total. The summed E-state index contributed by atoms with van der Waals surface area (Å²) in [5.74, 6) is -0.497. The standard InChI is InChI=1S/C9H9ClF3NO2/c10-6-3-5(7(14)4-15)1-2-8(6)16-9(11,12)13/h1-3,7,15H,4,14H2/t7-/m1/s1. The molecular weight excluding hydrogens is 247 g/mol. The second-order valence-electron chi connectivity index (χ2n) is 3.03. The highest BCUT2D eigenvalue weighted by atomic mass is 35.5. The van der Waals surface area contributed by atoms with Crippen LogP contribution in [0.2, 0.25) is 5.02 Å². The third-order valence-corrected chi connectivity index (χ3v) is 2.10. The fourth-order valence-electron chi connectivity index (χ4n) is 1.06. The molecule has 0 bridgehead atoms. The Morgan fingerprint density at radius 3 is 2.50 bits per heavy atom. The third kappa shape index (κ3) is 3.55. The Morgan fingerprint density at radius 2 is 2.06 bits per heavy atom. The zero-order valence-electron chi connectivity index (χ0n) is 7.96. The molecule has 1 atom stereocenters. The van der Waals surface area contributed by atoms with E-state index in [4.69, 9.17) is 22.4 Å². The predicted octanol–water partition coefficient (Wildman–Crippen LogP) is 2.23. The van der Waals surface area contributed by atoms with Crippen LogP contribution in [-0.4, -0.2) is 18.1 Å². The van der Waals surface area contributed by atoms with E-state index in [-0.39, 0.29) is 11.6 Å². The van der Waals surface area contributed by atoms with Gasteiger partial charge in [0.25, 0.3) is 0 Å². The highest BCUT2D eigenvalue weighted by Gasteiger charge is 2.32. The van der Waals surface area contributed by atoms with Gasteiger partial charge in [0.1, 0.15) is 5.75 Å². The Hall–Kier alpha value is -0.980. The zero-order valence-corrected chi connectivity index (χ0v) is 8.72. The second-order valence-corrected chi connectivity index (χ2v) is 3.43. The van der Waals surface area contributed by atoms with Gasteiger partial charge in [0.15, 0.2) is 0 Å². The summed E-state index contributed by atoms with van der Waals surface area (Å²) in [7, 11) is 0. The molecule has 0 radical (unpaired) electrons. The van der Waals surface area contributed by atoms with Gasteiger partial charge in [-0.15, -0.1) is 13.2 Å². The molecule has 0 saturated heterocycles. The summed E-state index contributed by atoms with van der Waals surface area (Å²) in [6, 6.07) is 2.91. The molecule has 0 amide bonds. The highest BCUT2D eigenvalue weighted by molar-refractivity contribution is 6.32. The fourth-order valence-corrected chi connectivity index (χ4v) is 1.29. The Balaban J connectivity index is 2.92. The normalized spacial score (nSPS) is 13.6. The van der Waals surface area contributed by atoms with Gasteiger partial charge >= 0.3 is 6.36 Å². The van der Waals surface area contributed by atoms with Crippen molar-refractivity contribution < 1.29 is 23.0 Å². The average molecular weight is 256 g/mol. The maximum atomic E-state index is 11.9. The van der Waals surface area contributed by atoms with Crippen LogP contribution in [0.1, 0.15) is 11.6 Å². The first kappa shape index (κ1) is 13.1. The number of ether oxygens (including phenoxy) is 1. The Bertz CT molecular complexity index is 370. The summed E-state index contributed by atoms with van der Waals surface area (Å²) >= 11 is 5.57. The molecule has 16 heavy (non-hydrogen) atoms. The molecular formula is C9H9ClF3NO2. The summed E-state index contributed by atoms with van der Waals surface area (Å²) in [5, 5.41) is 8.55.